The van der Waals surface area contributed by atoms with Crippen molar-refractivity contribution in [3.63, 3.8) is 0 Å². The molecule has 0 aromatic carbocycles. The third-order valence-electron chi connectivity index (χ3n) is 2.27. The maximum Gasteiger partial charge on any atom is 0.138 e. The molecule has 0 fully saturated rings. The van der Waals surface area contributed by atoms with Crippen LogP contribution in [-0.2, 0) is 4.79 Å². The summed E-state index contributed by atoms with van der Waals surface area (Å²) in [6.45, 7) is 10.4. The Balaban J connectivity index is 3.49. The van der Waals surface area contributed by atoms with Crippen molar-refractivity contribution in [3.8, 4) is 0 Å². The second kappa shape index (κ2) is 5.41. The summed E-state index contributed by atoms with van der Waals surface area (Å²) in [4.78, 5) is 11.5. The van der Waals surface area contributed by atoms with Gasteiger partial charge >= 0.3 is 0 Å². The second-order valence-corrected chi connectivity index (χ2v) is 5.31. The van der Waals surface area contributed by atoms with Gasteiger partial charge in [-0.3, -0.25) is 4.79 Å². The molecule has 0 aliphatic rings. The minimum Gasteiger partial charge on any atom is -0.299 e. The van der Waals surface area contributed by atoms with E-state index in [1.54, 1.807) is 0 Å². The Bertz CT molecular complexity index is 151. The Morgan fingerprint density at radius 1 is 1.15 bits per heavy atom. The van der Waals surface area contributed by atoms with Crippen LogP contribution in [0.4, 0.5) is 0 Å². The van der Waals surface area contributed by atoms with Crippen LogP contribution in [0.5, 0.6) is 0 Å². The normalized spacial score (nSPS) is 12.2. The molecule has 0 aromatic rings. The van der Waals surface area contributed by atoms with Gasteiger partial charge in [-0.15, -0.1) is 0 Å². The lowest BCUT2D eigenvalue weighted by molar-refractivity contribution is -0.126. The summed E-state index contributed by atoms with van der Waals surface area (Å²) in [5.41, 5.74) is -0.141. The van der Waals surface area contributed by atoms with Crippen molar-refractivity contribution in [2.75, 3.05) is 0 Å². The average molecular weight is 184 g/mol. The van der Waals surface area contributed by atoms with Crippen molar-refractivity contribution in [3.05, 3.63) is 0 Å². The Kier molecular flexibility index (Phi) is 5.27. The van der Waals surface area contributed by atoms with Crippen LogP contribution >= 0.6 is 0 Å². The zero-order chi connectivity index (χ0) is 10.5. The molecule has 78 valence electrons. The molecular weight excluding hydrogens is 160 g/mol. The van der Waals surface area contributed by atoms with Crippen LogP contribution in [-0.4, -0.2) is 5.78 Å². The predicted octanol–water partition coefficient (Wildman–Crippen LogP) is 3.82. The fourth-order valence-corrected chi connectivity index (χ4v) is 1.21. The molecule has 0 aromatic heterocycles. The third-order valence-corrected chi connectivity index (χ3v) is 2.27. The van der Waals surface area contributed by atoms with Crippen LogP contribution < -0.4 is 0 Å². The van der Waals surface area contributed by atoms with E-state index in [1.807, 2.05) is 20.8 Å². The van der Waals surface area contributed by atoms with E-state index in [2.05, 4.69) is 13.8 Å². The number of rotatable bonds is 5. The van der Waals surface area contributed by atoms with E-state index in [4.69, 9.17) is 0 Å². The summed E-state index contributed by atoms with van der Waals surface area (Å²) in [5.74, 6) is 1.17. The maximum absolute atomic E-state index is 11.5. The molecule has 0 radical (unpaired) electrons. The van der Waals surface area contributed by atoms with Gasteiger partial charge < -0.3 is 0 Å². The van der Waals surface area contributed by atoms with Gasteiger partial charge in [-0.1, -0.05) is 47.5 Å². The van der Waals surface area contributed by atoms with Crippen LogP contribution in [0.3, 0.4) is 0 Å². The molecule has 0 bridgehead atoms. The van der Waals surface area contributed by atoms with E-state index >= 15 is 0 Å². The molecule has 0 aliphatic carbocycles. The van der Waals surface area contributed by atoms with E-state index in [0.717, 1.165) is 18.8 Å². The van der Waals surface area contributed by atoms with Gasteiger partial charge in [0.2, 0.25) is 0 Å². The summed E-state index contributed by atoms with van der Waals surface area (Å²) in [5, 5.41) is 0. The lowest BCUT2D eigenvalue weighted by Gasteiger charge is -2.16. The van der Waals surface area contributed by atoms with E-state index in [1.165, 1.54) is 12.8 Å². The number of hydrogen-bond acceptors (Lipinski definition) is 1. The first-order valence-electron chi connectivity index (χ1n) is 5.37. The highest BCUT2D eigenvalue weighted by molar-refractivity contribution is 5.83. The van der Waals surface area contributed by atoms with Gasteiger partial charge in [0.25, 0.3) is 0 Å². The van der Waals surface area contributed by atoms with Gasteiger partial charge in [0.15, 0.2) is 0 Å². The Labute approximate surface area is 82.9 Å². The summed E-state index contributed by atoms with van der Waals surface area (Å²) < 4.78 is 0. The Morgan fingerprint density at radius 2 is 1.69 bits per heavy atom. The largest absolute Gasteiger partial charge is 0.299 e. The van der Waals surface area contributed by atoms with Gasteiger partial charge in [-0.25, -0.2) is 0 Å². The molecule has 0 spiro atoms. The second-order valence-electron chi connectivity index (χ2n) is 5.31. The zero-order valence-electron chi connectivity index (χ0n) is 9.81. The van der Waals surface area contributed by atoms with Crippen molar-refractivity contribution >= 4 is 5.78 Å². The highest BCUT2D eigenvalue weighted by atomic mass is 16.1. The quantitative estimate of drug-likeness (QED) is 0.594. The molecule has 0 unspecified atom stereocenters. The number of unbranched alkanes of at least 4 members (excludes halogenated alkanes) is 1. The fourth-order valence-electron chi connectivity index (χ4n) is 1.21. The molecule has 0 amide bonds. The fraction of sp³-hybridized carbons (Fsp3) is 0.917. The first kappa shape index (κ1) is 12.7. The molecule has 0 rings (SSSR count). The Morgan fingerprint density at radius 3 is 2.08 bits per heavy atom. The zero-order valence-corrected chi connectivity index (χ0v) is 9.81. The van der Waals surface area contributed by atoms with Crippen LogP contribution in [0.1, 0.15) is 60.3 Å². The van der Waals surface area contributed by atoms with Gasteiger partial charge in [-0.2, -0.15) is 0 Å². The van der Waals surface area contributed by atoms with Crippen LogP contribution in [0.15, 0.2) is 0 Å². The van der Waals surface area contributed by atoms with Crippen molar-refractivity contribution < 1.29 is 4.79 Å². The lowest BCUT2D eigenvalue weighted by atomic mass is 9.87. The highest BCUT2D eigenvalue weighted by Gasteiger charge is 2.19. The predicted molar refractivity (Wildman–Crippen MR) is 57.8 cm³/mol. The van der Waals surface area contributed by atoms with Gasteiger partial charge in [0.05, 0.1) is 0 Å². The molecule has 0 N–H and O–H groups in total. The molecule has 0 saturated heterocycles. The molecule has 13 heavy (non-hydrogen) atoms. The minimum atomic E-state index is -0.141. The lowest BCUT2D eigenvalue weighted by Crippen LogP contribution is -2.19. The summed E-state index contributed by atoms with van der Waals surface area (Å²) in [6.07, 6.45) is 4.27. The monoisotopic (exact) mass is 184 g/mol. The summed E-state index contributed by atoms with van der Waals surface area (Å²) >= 11 is 0. The van der Waals surface area contributed by atoms with Crippen molar-refractivity contribution in [2.45, 2.75) is 60.3 Å². The summed E-state index contributed by atoms with van der Waals surface area (Å²) in [6, 6.07) is 0. The van der Waals surface area contributed by atoms with Gasteiger partial charge in [0, 0.05) is 11.8 Å². The first-order valence-corrected chi connectivity index (χ1v) is 5.37. The smallest absolute Gasteiger partial charge is 0.138 e. The SMILES string of the molecule is CC(C)CCCCC(=O)C(C)(C)C. The molecule has 0 atom stereocenters. The molecular formula is C12H24O. The number of ketones is 1. The van der Waals surface area contributed by atoms with Gasteiger partial charge in [-0.05, 0) is 12.3 Å². The van der Waals surface area contributed by atoms with Crippen molar-refractivity contribution in [2.24, 2.45) is 11.3 Å². The van der Waals surface area contributed by atoms with Crippen molar-refractivity contribution in [1.82, 2.24) is 0 Å². The topological polar surface area (TPSA) is 17.1 Å². The molecule has 1 nitrogen and oxygen atoms in total. The van der Waals surface area contributed by atoms with E-state index in [0.29, 0.717) is 5.78 Å². The average Bonchev–Trinajstić information content (AvgIpc) is 1.95. The summed E-state index contributed by atoms with van der Waals surface area (Å²) in [7, 11) is 0. The van der Waals surface area contributed by atoms with Gasteiger partial charge in [0.1, 0.15) is 5.78 Å². The molecule has 1 heteroatoms. The van der Waals surface area contributed by atoms with E-state index in [9.17, 15) is 4.79 Å². The van der Waals surface area contributed by atoms with Crippen LogP contribution in [0, 0.1) is 11.3 Å². The Hall–Kier alpha value is -0.330. The standard InChI is InChI=1S/C12H24O/c1-10(2)8-6-7-9-11(13)12(3,4)5/h10H,6-9H2,1-5H3. The molecule has 0 heterocycles. The molecule has 0 aliphatic heterocycles. The van der Waals surface area contributed by atoms with Crippen LogP contribution in [0.25, 0.3) is 0 Å². The number of Topliss-reactive ketones (excluding diaryl/α,β-unsaturated/α-hetero) is 1. The number of hydrogen-bond donors (Lipinski definition) is 0. The third kappa shape index (κ3) is 6.80. The van der Waals surface area contributed by atoms with Crippen molar-refractivity contribution in [1.29, 1.82) is 0 Å². The highest BCUT2D eigenvalue weighted by Crippen LogP contribution is 2.19. The first-order chi connectivity index (χ1) is 5.84. The van der Waals surface area contributed by atoms with Crippen LogP contribution in [0.2, 0.25) is 0 Å². The number of carbonyl (C=O) groups excluding carboxylic acids is 1. The number of carbonyl (C=O) groups is 1. The maximum atomic E-state index is 11.5. The van der Waals surface area contributed by atoms with E-state index < -0.39 is 0 Å². The van der Waals surface area contributed by atoms with E-state index in [-0.39, 0.29) is 5.41 Å². The minimum absolute atomic E-state index is 0.141. The molecule has 0 saturated carbocycles.